The number of hydrogen-bond acceptors (Lipinski definition) is 1. The van der Waals surface area contributed by atoms with Crippen LogP contribution < -0.4 is 0 Å². The van der Waals surface area contributed by atoms with Gasteiger partial charge in [-0.2, -0.15) is 0 Å². The van der Waals surface area contributed by atoms with Gasteiger partial charge in [0.05, 0.1) is 0 Å². The van der Waals surface area contributed by atoms with Gasteiger partial charge in [0.15, 0.2) is 0 Å². The van der Waals surface area contributed by atoms with Gasteiger partial charge in [-0.25, -0.2) is 0 Å². The molecular weight excluding hydrogens is 327 g/mol. The zero-order chi connectivity index (χ0) is 13.9. The Morgan fingerprint density at radius 2 is 1.17 bits per heavy atom. The van der Waals surface area contributed by atoms with E-state index in [0.29, 0.717) is 5.78 Å². The summed E-state index contributed by atoms with van der Waals surface area (Å²) in [7, 11) is 0. The summed E-state index contributed by atoms with van der Waals surface area (Å²) in [5.74, 6) is 0.417. The molecule has 0 saturated carbocycles. The molecule has 0 aromatic carbocycles. The molecule has 0 amide bonds. The average Bonchev–Trinajstić information content (AvgIpc) is 2.37. The number of ketones is 1. The normalized spacial score (nSPS) is 11.8. The van der Waals surface area contributed by atoms with Crippen LogP contribution in [0.1, 0.15) is 72.6 Å². The number of Topliss-reactive ketones (excluding diaryl/α,β-unsaturated/α-hetero) is 1. The minimum absolute atomic E-state index is 0.417. The van der Waals surface area contributed by atoms with Crippen molar-refractivity contribution in [2.75, 3.05) is 0 Å². The summed E-state index contributed by atoms with van der Waals surface area (Å²) in [6.07, 6.45) is 9.13. The van der Waals surface area contributed by atoms with Crippen molar-refractivity contribution in [2.45, 2.75) is 90.4 Å². The van der Waals surface area contributed by atoms with Gasteiger partial charge < -0.3 is 0 Å². The molecule has 0 bridgehead atoms. The van der Waals surface area contributed by atoms with E-state index in [1.807, 2.05) is 0 Å². The Morgan fingerprint density at radius 1 is 0.778 bits per heavy atom. The monoisotopic (exact) mass is 362 g/mol. The van der Waals surface area contributed by atoms with E-state index >= 15 is 0 Å². The van der Waals surface area contributed by atoms with Gasteiger partial charge in [-0.1, -0.05) is 0 Å². The van der Waals surface area contributed by atoms with Gasteiger partial charge in [-0.15, -0.1) is 0 Å². The van der Waals surface area contributed by atoms with Gasteiger partial charge in [-0.3, -0.25) is 0 Å². The molecule has 0 saturated heterocycles. The first-order valence-corrected chi connectivity index (χ1v) is 16.2. The summed E-state index contributed by atoms with van der Waals surface area (Å²) in [4.78, 5) is 11.3. The third kappa shape index (κ3) is 8.55. The van der Waals surface area contributed by atoms with Gasteiger partial charge in [0, 0.05) is 0 Å². The molecule has 0 unspecified atom stereocenters. The van der Waals surface area contributed by atoms with Crippen LogP contribution in [0, 0.1) is 0 Å². The molecule has 0 rings (SSSR count). The van der Waals surface area contributed by atoms with Gasteiger partial charge in [0.2, 0.25) is 0 Å². The molecule has 2 heteroatoms. The second kappa shape index (κ2) is 11.3. The molecule has 0 aromatic heterocycles. The maximum absolute atomic E-state index is 11.3. The Hall–Kier alpha value is 0.469. The van der Waals surface area contributed by atoms with Crippen molar-refractivity contribution < 1.29 is 4.79 Å². The number of unbranched alkanes of at least 4 members (excludes halogenated alkanes) is 3. The van der Waals surface area contributed by atoms with Crippen molar-refractivity contribution in [3.05, 3.63) is 0 Å². The number of hydrogen-bond donors (Lipinski definition) is 0. The first kappa shape index (κ1) is 18.5. The molecule has 0 fully saturated rings. The fourth-order valence-corrected chi connectivity index (χ4v) is 19.1. The molecule has 108 valence electrons. The Bertz CT molecular complexity index is 191. The predicted molar refractivity (Wildman–Crippen MR) is 85.0 cm³/mol. The van der Waals surface area contributed by atoms with Crippen molar-refractivity contribution in [1.82, 2.24) is 0 Å². The van der Waals surface area contributed by atoms with Gasteiger partial charge in [0.1, 0.15) is 0 Å². The van der Waals surface area contributed by atoms with E-state index in [1.165, 1.54) is 43.0 Å². The van der Waals surface area contributed by atoms with Crippen LogP contribution in [0.15, 0.2) is 0 Å². The van der Waals surface area contributed by atoms with Crippen LogP contribution >= 0.6 is 0 Å². The van der Waals surface area contributed by atoms with E-state index in [4.69, 9.17) is 0 Å². The second-order valence-electron chi connectivity index (χ2n) is 6.01. The van der Waals surface area contributed by atoms with Gasteiger partial charge >= 0.3 is 119 Å². The Morgan fingerprint density at radius 3 is 1.44 bits per heavy atom. The molecule has 0 aliphatic heterocycles. The molecule has 0 heterocycles. The van der Waals surface area contributed by atoms with Crippen molar-refractivity contribution in [2.24, 2.45) is 0 Å². The van der Waals surface area contributed by atoms with E-state index in [9.17, 15) is 4.79 Å². The van der Waals surface area contributed by atoms with E-state index in [0.717, 1.165) is 6.42 Å². The summed E-state index contributed by atoms with van der Waals surface area (Å²) in [5, 5.41) is 0. The van der Waals surface area contributed by atoms with Crippen LogP contribution in [0.2, 0.25) is 17.7 Å². The number of carbonyl (C=O) groups excluding carboxylic acids is 1. The van der Waals surface area contributed by atoms with Crippen LogP contribution in [0.5, 0.6) is 0 Å². The first-order chi connectivity index (χ1) is 8.60. The Balaban J connectivity index is 4.55. The van der Waals surface area contributed by atoms with E-state index in [2.05, 4.69) is 20.8 Å². The Kier molecular flexibility index (Phi) is 11.6. The molecule has 1 nitrogen and oxygen atoms in total. The topological polar surface area (TPSA) is 17.1 Å². The van der Waals surface area contributed by atoms with Crippen molar-refractivity contribution >= 4 is 24.2 Å². The van der Waals surface area contributed by atoms with Crippen molar-refractivity contribution in [3.63, 3.8) is 0 Å². The summed E-state index contributed by atoms with van der Waals surface area (Å²) in [5.41, 5.74) is 0. The summed E-state index contributed by atoms with van der Waals surface area (Å²) < 4.78 is 5.96. The third-order valence-corrected chi connectivity index (χ3v) is 20.0. The molecule has 0 N–H and O–H groups in total. The molecule has 0 radical (unpaired) electrons. The molecule has 0 aromatic rings. The van der Waals surface area contributed by atoms with Crippen LogP contribution in [0.4, 0.5) is 0 Å². The van der Waals surface area contributed by atoms with Crippen molar-refractivity contribution in [3.8, 4) is 0 Å². The minimum atomic E-state index is -1.97. The van der Waals surface area contributed by atoms with Crippen LogP contribution in [-0.2, 0) is 4.79 Å². The molecule has 0 aliphatic carbocycles. The number of rotatable bonds is 12. The summed E-state index contributed by atoms with van der Waals surface area (Å²) in [6.45, 7) is 8.69. The van der Waals surface area contributed by atoms with E-state index in [1.54, 1.807) is 20.2 Å². The fraction of sp³-hybridized carbons (Fsp3) is 0.938. The molecular formula is C16H34OSn. The quantitative estimate of drug-likeness (QED) is 0.401. The Labute approximate surface area is 119 Å². The summed E-state index contributed by atoms with van der Waals surface area (Å²) in [6, 6.07) is 0. The van der Waals surface area contributed by atoms with E-state index < -0.39 is 18.4 Å². The fourth-order valence-electron chi connectivity index (χ4n) is 2.85. The van der Waals surface area contributed by atoms with Gasteiger partial charge in [0.25, 0.3) is 0 Å². The maximum atomic E-state index is 11.3. The van der Waals surface area contributed by atoms with Crippen molar-refractivity contribution in [1.29, 1.82) is 0 Å². The zero-order valence-corrected chi connectivity index (χ0v) is 16.0. The first-order valence-electron chi connectivity index (χ1n) is 8.09. The van der Waals surface area contributed by atoms with Crippen LogP contribution in [-0.4, -0.2) is 24.2 Å². The predicted octanol–water partition coefficient (Wildman–Crippen LogP) is 5.81. The molecule has 0 spiro atoms. The zero-order valence-electron chi connectivity index (χ0n) is 13.2. The average molecular weight is 361 g/mol. The SMILES string of the molecule is CCC[CH2][Sn]([CH2]CCC)([CH2]CCC)[CH2]CC(C)=O. The third-order valence-electron chi connectivity index (χ3n) is 4.19. The van der Waals surface area contributed by atoms with Crippen LogP contribution in [0.3, 0.4) is 0 Å². The molecule has 0 aliphatic rings. The molecule has 0 atom stereocenters. The standard InChI is InChI=1S/C4H7O.3C4H9.Sn/c1-3-4(2)5;3*1-3-4-2;/h1,3H2,2H3;3*1,3-4H2,2H3;. The molecule has 18 heavy (non-hydrogen) atoms. The van der Waals surface area contributed by atoms with Crippen LogP contribution in [0.25, 0.3) is 0 Å². The second-order valence-corrected chi connectivity index (χ2v) is 20.3. The summed E-state index contributed by atoms with van der Waals surface area (Å²) >= 11 is -1.97. The van der Waals surface area contributed by atoms with Gasteiger partial charge in [-0.05, 0) is 0 Å². The number of carbonyl (C=O) groups is 1. The van der Waals surface area contributed by atoms with E-state index in [-0.39, 0.29) is 0 Å².